The Hall–Kier alpha value is -1.45. The minimum atomic E-state index is -0.877. The third-order valence-corrected chi connectivity index (χ3v) is 4.01. The van der Waals surface area contributed by atoms with Crippen molar-refractivity contribution in [2.75, 3.05) is 0 Å². The molecule has 1 fully saturated rings. The Kier molecular flexibility index (Phi) is 3.88. The van der Waals surface area contributed by atoms with Crippen LogP contribution in [0.4, 0.5) is 8.78 Å². The number of benzene rings is 1. The number of carboxylic acids is 1. The molecule has 0 heterocycles. The molecule has 0 spiro atoms. The Morgan fingerprint density at radius 1 is 1.37 bits per heavy atom. The molecular formula is C15H18F2O2. The molecule has 2 unspecified atom stereocenters. The highest BCUT2D eigenvalue weighted by atomic mass is 19.1. The molecule has 104 valence electrons. The molecule has 2 nitrogen and oxygen atoms in total. The summed E-state index contributed by atoms with van der Waals surface area (Å²) in [7, 11) is 0. The topological polar surface area (TPSA) is 37.3 Å². The summed E-state index contributed by atoms with van der Waals surface area (Å²) < 4.78 is 26.4. The smallest absolute Gasteiger partial charge is 0.309 e. The van der Waals surface area contributed by atoms with Gasteiger partial charge in [-0.3, -0.25) is 4.79 Å². The molecule has 0 saturated heterocycles. The van der Waals surface area contributed by atoms with Gasteiger partial charge in [0, 0.05) is 6.07 Å². The van der Waals surface area contributed by atoms with Crippen molar-refractivity contribution in [3.05, 3.63) is 35.4 Å². The minimum absolute atomic E-state index is 0.196. The van der Waals surface area contributed by atoms with Crippen molar-refractivity contribution in [1.29, 1.82) is 0 Å². The summed E-state index contributed by atoms with van der Waals surface area (Å²) in [6, 6.07) is 3.26. The third kappa shape index (κ3) is 3.11. The maximum Gasteiger partial charge on any atom is 0.309 e. The van der Waals surface area contributed by atoms with E-state index in [1.165, 1.54) is 12.1 Å². The monoisotopic (exact) mass is 268 g/mol. The number of carbonyl (C=O) groups is 1. The Balaban J connectivity index is 2.28. The first-order chi connectivity index (χ1) is 8.91. The van der Waals surface area contributed by atoms with Crippen molar-refractivity contribution in [1.82, 2.24) is 0 Å². The molecule has 0 radical (unpaired) electrons. The lowest BCUT2D eigenvalue weighted by atomic mass is 9.67. The fraction of sp³-hybridized carbons (Fsp3) is 0.533. The van der Waals surface area contributed by atoms with Crippen molar-refractivity contribution in [3.8, 4) is 0 Å². The highest BCUT2D eigenvalue weighted by Crippen LogP contribution is 2.42. The maximum absolute atomic E-state index is 13.2. The van der Waals surface area contributed by atoms with E-state index >= 15 is 0 Å². The molecule has 19 heavy (non-hydrogen) atoms. The van der Waals surface area contributed by atoms with Gasteiger partial charge in [-0.15, -0.1) is 0 Å². The highest BCUT2D eigenvalue weighted by Gasteiger charge is 2.41. The van der Waals surface area contributed by atoms with E-state index in [1.807, 2.05) is 6.92 Å². The summed E-state index contributed by atoms with van der Waals surface area (Å²) in [4.78, 5) is 11.6. The van der Waals surface area contributed by atoms with Gasteiger partial charge in [0.1, 0.15) is 11.6 Å². The van der Waals surface area contributed by atoms with Gasteiger partial charge in [-0.05, 0) is 42.9 Å². The first-order valence-corrected chi connectivity index (χ1v) is 6.60. The van der Waals surface area contributed by atoms with Gasteiger partial charge in [-0.2, -0.15) is 0 Å². The Morgan fingerprint density at radius 2 is 2.00 bits per heavy atom. The second-order valence-electron chi connectivity index (χ2n) is 5.74. The third-order valence-electron chi connectivity index (χ3n) is 4.01. The highest BCUT2D eigenvalue weighted by molar-refractivity contribution is 5.75. The SMILES string of the molecule is CC1CCCC(Cc2cc(F)cc(F)c2)(C(=O)O)C1. The van der Waals surface area contributed by atoms with Gasteiger partial charge < -0.3 is 5.11 Å². The van der Waals surface area contributed by atoms with Crippen LogP contribution < -0.4 is 0 Å². The van der Waals surface area contributed by atoms with Crippen molar-refractivity contribution in [3.63, 3.8) is 0 Å². The van der Waals surface area contributed by atoms with E-state index in [0.29, 0.717) is 24.3 Å². The van der Waals surface area contributed by atoms with Crippen molar-refractivity contribution >= 4 is 5.97 Å². The molecule has 1 N–H and O–H groups in total. The normalized spacial score (nSPS) is 27.2. The van der Waals surface area contributed by atoms with Crippen molar-refractivity contribution in [2.24, 2.45) is 11.3 Å². The van der Waals surface area contributed by atoms with Crippen LogP contribution in [-0.2, 0) is 11.2 Å². The maximum atomic E-state index is 13.2. The fourth-order valence-electron chi connectivity index (χ4n) is 3.19. The van der Waals surface area contributed by atoms with Crippen LogP contribution in [0, 0.1) is 23.0 Å². The molecule has 1 aliphatic carbocycles. The van der Waals surface area contributed by atoms with Gasteiger partial charge in [-0.25, -0.2) is 8.78 Å². The van der Waals surface area contributed by atoms with Gasteiger partial charge in [0.25, 0.3) is 0 Å². The molecule has 4 heteroatoms. The standard InChI is InChI=1S/C15H18F2O2/c1-10-3-2-4-15(8-10,14(18)19)9-11-5-12(16)7-13(17)6-11/h5-7,10H,2-4,8-9H2,1H3,(H,18,19). The summed E-state index contributed by atoms with van der Waals surface area (Å²) in [5.74, 6) is -1.83. The number of hydrogen-bond donors (Lipinski definition) is 1. The van der Waals surface area contributed by atoms with E-state index in [4.69, 9.17) is 0 Å². The first kappa shape index (κ1) is 14.0. The molecule has 1 aromatic carbocycles. The summed E-state index contributed by atoms with van der Waals surface area (Å²) >= 11 is 0. The zero-order chi connectivity index (χ0) is 14.0. The molecule has 2 atom stereocenters. The minimum Gasteiger partial charge on any atom is -0.481 e. The van der Waals surface area contributed by atoms with Crippen LogP contribution in [0.15, 0.2) is 18.2 Å². The summed E-state index contributed by atoms with van der Waals surface area (Å²) in [6.45, 7) is 2.03. The van der Waals surface area contributed by atoms with Crippen molar-refractivity contribution < 1.29 is 18.7 Å². The van der Waals surface area contributed by atoms with Crippen LogP contribution in [-0.4, -0.2) is 11.1 Å². The summed E-state index contributed by atoms with van der Waals surface area (Å²) in [5.41, 5.74) is -0.452. The first-order valence-electron chi connectivity index (χ1n) is 6.60. The molecule has 2 rings (SSSR count). The van der Waals surface area contributed by atoms with E-state index in [-0.39, 0.29) is 6.42 Å². The molecule has 0 bridgehead atoms. The van der Waals surface area contributed by atoms with E-state index in [2.05, 4.69) is 0 Å². The van der Waals surface area contributed by atoms with Gasteiger partial charge in [0.2, 0.25) is 0 Å². The Morgan fingerprint density at radius 3 is 2.53 bits per heavy atom. The molecular weight excluding hydrogens is 250 g/mol. The number of hydrogen-bond acceptors (Lipinski definition) is 1. The largest absolute Gasteiger partial charge is 0.481 e. The fourth-order valence-corrected chi connectivity index (χ4v) is 3.19. The van der Waals surface area contributed by atoms with Gasteiger partial charge in [0.05, 0.1) is 5.41 Å². The number of carboxylic acid groups (broad SMARTS) is 1. The predicted octanol–water partition coefficient (Wildman–Crippen LogP) is 3.79. The van der Waals surface area contributed by atoms with Crippen LogP contribution in [0.3, 0.4) is 0 Å². The summed E-state index contributed by atoms with van der Waals surface area (Å²) in [5, 5.41) is 9.52. The summed E-state index contributed by atoms with van der Waals surface area (Å²) in [6.07, 6.45) is 3.21. The van der Waals surface area contributed by atoms with Gasteiger partial charge >= 0.3 is 5.97 Å². The molecule has 1 saturated carbocycles. The lowest BCUT2D eigenvalue weighted by molar-refractivity contribution is -0.152. The average Bonchev–Trinajstić information content (AvgIpc) is 2.26. The number of aliphatic carboxylic acids is 1. The quantitative estimate of drug-likeness (QED) is 0.905. The number of halogens is 2. The zero-order valence-electron chi connectivity index (χ0n) is 11.0. The predicted molar refractivity (Wildman–Crippen MR) is 67.8 cm³/mol. The second kappa shape index (κ2) is 5.27. The van der Waals surface area contributed by atoms with Crippen LogP contribution >= 0.6 is 0 Å². The van der Waals surface area contributed by atoms with Crippen LogP contribution in [0.2, 0.25) is 0 Å². The molecule has 0 aromatic heterocycles. The van der Waals surface area contributed by atoms with E-state index < -0.39 is 23.0 Å². The van der Waals surface area contributed by atoms with E-state index in [1.54, 1.807) is 0 Å². The Bertz CT molecular complexity index is 467. The lowest BCUT2D eigenvalue weighted by Gasteiger charge is -2.36. The van der Waals surface area contributed by atoms with Gasteiger partial charge in [0.15, 0.2) is 0 Å². The van der Waals surface area contributed by atoms with Crippen LogP contribution in [0.5, 0.6) is 0 Å². The zero-order valence-corrected chi connectivity index (χ0v) is 11.0. The molecule has 1 aromatic rings. The van der Waals surface area contributed by atoms with Gasteiger partial charge in [-0.1, -0.05) is 19.8 Å². The van der Waals surface area contributed by atoms with E-state index in [0.717, 1.165) is 18.9 Å². The van der Waals surface area contributed by atoms with Crippen LogP contribution in [0.25, 0.3) is 0 Å². The Labute approximate surface area is 111 Å². The lowest BCUT2D eigenvalue weighted by Crippen LogP contribution is -2.38. The molecule has 1 aliphatic rings. The molecule has 0 amide bonds. The van der Waals surface area contributed by atoms with Crippen LogP contribution in [0.1, 0.15) is 38.2 Å². The van der Waals surface area contributed by atoms with Crippen molar-refractivity contribution in [2.45, 2.75) is 39.0 Å². The second-order valence-corrected chi connectivity index (χ2v) is 5.74. The molecule has 0 aliphatic heterocycles. The average molecular weight is 268 g/mol. The number of rotatable bonds is 3. The van der Waals surface area contributed by atoms with E-state index in [9.17, 15) is 18.7 Å².